The summed E-state index contributed by atoms with van der Waals surface area (Å²) >= 11 is 0. The van der Waals surface area contributed by atoms with Gasteiger partial charge in [0.25, 0.3) is 0 Å². The molecular formula is C15H32N4O. The lowest BCUT2D eigenvalue weighted by atomic mass is 9.94. The number of likely N-dealkylation sites (N-methyl/N-ethyl adjacent to an activating group) is 2. The van der Waals surface area contributed by atoms with E-state index in [0.29, 0.717) is 6.04 Å². The molecule has 20 heavy (non-hydrogen) atoms. The van der Waals surface area contributed by atoms with E-state index in [2.05, 4.69) is 29.1 Å². The largest absolute Gasteiger partial charge is 0.368 e. The Balaban J connectivity index is 2.26. The molecule has 0 spiro atoms. The molecule has 0 radical (unpaired) electrons. The lowest BCUT2D eigenvalue weighted by Gasteiger charge is -2.39. The Hall–Kier alpha value is -0.650. The van der Waals surface area contributed by atoms with Gasteiger partial charge >= 0.3 is 0 Å². The Morgan fingerprint density at radius 3 is 2.65 bits per heavy atom. The van der Waals surface area contributed by atoms with Gasteiger partial charge in [-0.3, -0.25) is 4.79 Å². The van der Waals surface area contributed by atoms with Crippen molar-refractivity contribution in [2.75, 3.05) is 40.3 Å². The second kappa shape index (κ2) is 7.96. The van der Waals surface area contributed by atoms with Crippen LogP contribution in [0.4, 0.5) is 0 Å². The maximum Gasteiger partial charge on any atom is 0.237 e. The van der Waals surface area contributed by atoms with Crippen molar-refractivity contribution in [1.29, 1.82) is 0 Å². The van der Waals surface area contributed by atoms with E-state index in [4.69, 9.17) is 5.73 Å². The predicted molar refractivity (Wildman–Crippen MR) is 83.7 cm³/mol. The maximum atomic E-state index is 11.4. The van der Waals surface area contributed by atoms with E-state index < -0.39 is 5.54 Å². The van der Waals surface area contributed by atoms with Crippen molar-refractivity contribution in [2.24, 2.45) is 5.73 Å². The molecule has 0 bridgehead atoms. The first-order valence-corrected chi connectivity index (χ1v) is 7.84. The van der Waals surface area contributed by atoms with E-state index in [9.17, 15) is 4.79 Å². The molecule has 0 aromatic rings. The Morgan fingerprint density at radius 2 is 2.10 bits per heavy atom. The minimum atomic E-state index is -0.561. The third-order valence-electron chi connectivity index (χ3n) is 4.83. The van der Waals surface area contributed by atoms with Gasteiger partial charge in [-0.2, -0.15) is 0 Å². The van der Waals surface area contributed by atoms with Gasteiger partial charge in [0.05, 0.1) is 5.54 Å². The van der Waals surface area contributed by atoms with Crippen LogP contribution < -0.4 is 11.1 Å². The topological polar surface area (TPSA) is 61.6 Å². The lowest BCUT2D eigenvalue weighted by Crippen LogP contribution is -2.52. The molecule has 1 rings (SSSR count). The van der Waals surface area contributed by atoms with Crippen molar-refractivity contribution in [2.45, 2.75) is 51.1 Å². The lowest BCUT2D eigenvalue weighted by molar-refractivity contribution is -0.123. The molecule has 5 nitrogen and oxygen atoms in total. The first kappa shape index (κ1) is 17.4. The molecule has 1 heterocycles. The molecule has 1 aliphatic heterocycles. The number of carbonyl (C=O) groups excluding carboxylic acids is 1. The molecule has 1 fully saturated rings. The third kappa shape index (κ3) is 4.72. The van der Waals surface area contributed by atoms with Crippen LogP contribution in [0.15, 0.2) is 0 Å². The van der Waals surface area contributed by atoms with Crippen LogP contribution in [0, 0.1) is 0 Å². The highest BCUT2D eigenvalue weighted by molar-refractivity contribution is 5.84. The van der Waals surface area contributed by atoms with E-state index in [0.717, 1.165) is 38.9 Å². The van der Waals surface area contributed by atoms with Crippen molar-refractivity contribution in [3.05, 3.63) is 0 Å². The average Bonchev–Trinajstić information content (AvgIpc) is 2.44. The van der Waals surface area contributed by atoms with Crippen LogP contribution in [-0.2, 0) is 4.79 Å². The minimum Gasteiger partial charge on any atom is -0.368 e. The van der Waals surface area contributed by atoms with Crippen LogP contribution in [0.1, 0.15) is 39.5 Å². The highest BCUT2D eigenvalue weighted by Crippen LogP contribution is 2.15. The average molecular weight is 284 g/mol. The molecule has 118 valence electrons. The Kier molecular flexibility index (Phi) is 6.92. The number of hydrogen-bond donors (Lipinski definition) is 2. The van der Waals surface area contributed by atoms with Gasteiger partial charge < -0.3 is 20.9 Å². The summed E-state index contributed by atoms with van der Waals surface area (Å²) < 4.78 is 0. The summed E-state index contributed by atoms with van der Waals surface area (Å²) in [6.07, 6.45) is 4.18. The highest BCUT2D eigenvalue weighted by Gasteiger charge is 2.28. The van der Waals surface area contributed by atoms with Gasteiger partial charge in [0.15, 0.2) is 0 Å². The van der Waals surface area contributed by atoms with Gasteiger partial charge in [-0.15, -0.1) is 0 Å². The first-order valence-electron chi connectivity index (χ1n) is 7.84. The summed E-state index contributed by atoms with van der Waals surface area (Å²) in [6.45, 7) is 8.77. The Morgan fingerprint density at radius 1 is 1.40 bits per heavy atom. The number of primary amides is 1. The number of amides is 1. The van der Waals surface area contributed by atoms with Crippen LogP contribution in [0.5, 0.6) is 0 Å². The number of carbonyl (C=O) groups is 1. The summed E-state index contributed by atoms with van der Waals surface area (Å²) in [7, 11) is 4.02. The van der Waals surface area contributed by atoms with E-state index in [1.54, 1.807) is 7.05 Å². The van der Waals surface area contributed by atoms with Crippen LogP contribution in [0.3, 0.4) is 0 Å². The zero-order valence-electron chi connectivity index (χ0n) is 13.6. The SMILES string of the molecule is CCC1CN(CCCCC(C)(NC)C(N)=O)CCN1C. The number of rotatable bonds is 8. The highest BCUT2D eigenvalue weighted by atomic mass is 16.1. The van der Waals surface area contributed by atoms with Crippen LogP contribution in [0.2, 0.25) is 0 Å². The molecule has 0 aliphatic carbocycles. The fraction of sp³-hybridized carbons (Fsp3) is 0.933. The molecule has 1 amide bonds. The number of hydrogen-bond acceptors (Lipinski definition) is 4. The van der Waals surface area contributed by atoms with Crippen molar-refractivity contribution in [1.82, 2.24) is 15.1 Å². The zero-order valence-corrected chi connectivity index (χ0v) is 13.6. The van der Waals surface area contributed by atoms with E-state index in [1.807, 2.05) is 6.92 Å². The Bertz CT molecular complexity index is 310. The molecule has 5 heteroatoms. The number of piperazine rings is 1. The summed E-state index contributed by atoms with van der Waals surface area (Å²) in [6, 6.07) is 0.692. The Labute approximate surface area is 123 Å². The van der Waals surface area contributed by atoms with Gasteiger partial charge in [-0.1, -0.05) is 6.92 Å². The summed E-state index contributed by atoms with van der Waals surface area (Å²) in [5, 5.41) is 3.04. The summed E-state index contributed by atoms with van der Waals surface area (Å²) in [4.78, 5) is 16.4. The van der Waals surface area contributed by atoms with Crippen molar-refractivity contribution >= 4 is 5.91 Å². The molecule has 0 saturated carbocycles. The smallest absolute Gasteiger partial charge is 0.237 e. The molecule has 3 N–H and O–H groups in total. The van der Waals surface area contributed by atoms with Crippen LogP contribution in [0.25, 0.3) is 0 Å². The first-order chi connectivity index (χ1) is 9.42. The van der Waals surface area contributed by atoms with Gasteiger partial charge in [0.1, 0.15) is 0 Å². The monoisotopic (exact) mass is 284 g/mol. The number of nitrogens with one attached hydrogen (secondary N) is 1. The molecule has 1 saturated heterocycles. The number of nitrogens with two attached hydrogens (primary N) is 1. The van der Waals surface area contributed by atoms with Gasteiger partial charge in [-0.05, 0) is 53.2 Å². The third-order valence-corrected chi connectivity index (χ3v) is 4.83. The standard InChI is InChI=1S/C15H32N4O/c1-5-13-12-19(11-10-18(13)4)9-7-6-8-15(2,17-3)14(16)20/h13,17H,5-12H2,1-4H3,(H2,16,20). The molecule has 2 unspecified atom stereocenters. The van der Waals surface area contributed by atoms with Gasteiger partial charge in [0, 0.05) is 25.7 Å². The molecule has 1 aliphatic rings. The second-order valence-electron chi connectivity index (χ2n) is 6.25. The number of unbranched alkanes of at least 4 members (excludes halogenated alkanes) is 1. The summed E-state index contributed by atoms with van der Waals surface area (Å²) in [5.74, 6) is -0.259. The minimum absolute atomic E-state index is 0.259. The van der Waals surface area contributed by atoms with Crippen LogP contribution >= 0.6 is 0 Å². The fourth-order valence-electron chi connectivity index (χ4n) is 2.84. The van der Waals surface area contributed by atoms with Crippen molar-refractivity contribution in [3.8, 4) is 0 Å². The normalized spacial score (nSPS) is 24.5. The maximum absolute atomic E-state index is 11.4. The molecule has 2 atom stereocenters. The molecule has 0 aromatic heterocycles. The fourth-order valence-corrected chi connectivity index (χ4v) is 2.84. The van der Waals surface area contributed by atoms with Crippen LogP contribution in [-0.4, -0.2) is 67.6 Å². The molecule has 0 aromatic carbocycles. The molecular weight excluding hydrogens is 252 g/mol. The van der Waals surface area contributed by atoms with Crippen molar-refractivity contribution < 1.29 is 4.79 Å². The summed E-state index contributed by atoms with van der Waals surface area (Å²) in [5.41, 5.74) is 4.88. The van der Waals surface area contributed by atoms with Gasteiger partial charge in [0.2, 0.25) is 5.91 Å². The van der Waals surface area contributed by atoms with E-state index >= 15 is 0 Å². The second-order valence-corrected chi connectivity index (χ2v) is 6.25. The van der Waals surface area contributed by atoms with E-state index in [1.165, 1.54) is 13.0 Å². The van der Waals surface area contributed by atoms with Crippen molar-refractivity contribution in [3.63, 3.8) is 0 Å². The van der Waals surface area contributed by atoms with E-state index in [-0.39, 0.29) is 5.91 Å². The zero-order chi connectivity index (χ0) is 15.2. The quantitative estimate of drug-likeness (QED) is 0.642. The predicted octanol–water partition coefficient (Wildman–Crippen LogP) is 0.646. The number of nitrogens with zero attached hydrogens (tertiary/aromatic N) is 2. The van der Waals surface area contributed by atoms with Gasteiger partial charge in [-0.25, -0.2) is 0 Å².